The standard InChI is InChI=1S/C24H27N3O4/c1-25(15-17-5-7-18(8-6-17)26-9-3-2-4-10-26)16-27-20-14-22-21(30-11-12-31-22)13-19(20)23(28)24(27)29/h5-8,13-14H,2-4,9-12,15-16H2,1H3/p+1. The Morgan fingerprint density at radius 2 is 1.61 bits per heavy atom. The number of ether oxygens (including phenoxy) is 2. The second-order valence-corrected chi connectivity index (χ2v) is 8.58. The molecule has 0 aliphatic carbocycles. The molecule has 1 atom stereocenters. The highest BCUT2D eigenvalue weighted by Gasteiger charge is 2.39. The summed E-state index contributed by atoms with van der Waals surface area (Å²) in [4.78, 5) is 30.3. The van der Waals surface area contributed by atoms with Gasteiger partial charge in [0.2, 0.25) is 0 Å². The average molecular weight is 423 g/mol. The van der Waals surface area contributed by atoms with Crippen molar-refractivity contribution < 1.29 is 24.0 Å². The van der Waals surface area contributed by atoms with Crippen LogP contribution in [0.25, 0.3) is 0 Å². The van der Waals surface area contributed by atoms with E-state index >= 15 is 0 Å². The predicted octanol–water partition coefficient (Wildman–Crippen LogP) is 1.65. The van der Waals surface area contributed by atoms with Crippen molar-refractivity contribution in [1.29, 1.82) is 0 Å². The summed E-state index contributed by atoms with van der Waals surface area (Å²) < 4.78 is 11.2. The minimum absolute atomic E-state index is 0.396. The van der Waals surface area contributed by atoms with Crippen LogP contribution in [0.2, 0.25) is 0 Å². The Balaban J connectivity index is 1.28. The number of amides is 1. The Hall–Kier alpha value is -3.06. The van der Waals surface area contributed by atoms with Crippen LogP contribution in [0.15, 0.2) is 36.4 Å². The van der Waals surface area contributed by atoms with Gasteiger partial charge in [-0.1, -0.05) is 12.1 Å². The van der Waals surface area contributed by atoms with Gasteiger partial charge in [-0.05, 0) is 37.5 Å². The topological polar surface area (TPSA) is 63.5 Å². The Bertz CT molecular complexity index is 999. The number of carbonyl (C=O) groups is 2. The van der Waals surface area contributed by atoms with Crippen molar-refractivity contribution >= 4 is 23.1 Å². The molecule has 3 heterocycles. The fourth-order valence-electron chi connectivity index (χ4n) is 4.64. The number of anilines is 2. The van der Waals surface area contributed by atoms with Gasteiger partial charge in [0.15, 0.2) is 18.2 Å². The summed E-state index contributed by atoms with van der Waals surface area (Å²) in [6.45, 7) is 4.34. The SMILES string of the molecule is C[NH+](Cc1ccc(N2CCCCC2)cc1)CN1C(=O)C(=O)c2cc3c(cc21)OCCO3. The molecule has 0 saturated carbocycles. The molecule has 0 spiro atoms. The lowest BCUT2D eigenvalue weighted by atomic mass is 10.1. The molecule has 3 aliphatic heterocycles. The lowest BCUT2D eigenvalue weighted by Crippen LogP contribution is -3.09. The fraction of sp³-hybridized carbons (Fsp3) is 0.417. The van der Waals surface area contributed by atoms with Gasteiger partial charge in [0.1, 0.15) is 19.8 Å². The molecule has 0 radical (unpaired) electrons. The number of nitrogens with one attached hydrogen (secondary N) is 1. The van der Waals surface area contributed by atoms with E-state index in [1.807, 2.05) is 7.05 Å². The molecule has 7 nitrogen and oxygen atoms in total. The third-order valence-corrected chi connectivity index (χ3v) is 6.23. The van der Waals surface area contributed by atoms with Gasteiger partial charge in [0.05, 0.1) is 18.3 Å². The first-order valence-corrected chi connectivity index (χ1v) is 11.1. The van der Waals surface area contributed by atoms with Crippen molar-refractivity contribution in [3.8, 4) is 11.5 Å². The zero-order chi connectivity index (χ0) is 21.4. The normalized spacial score (nSPS) is 18.9. The Labute approximate surface area is 182 Å². The van der Waals surface area contributed by atoms with Gasteiger partial charge in [0, 0.05) is 30.4 Å². The second-order valence-electron chi connectivity index (χ2n) is 8.58. The van der Waals surface area contributed by atoms with Crippen LogP contribution in [0, 0.1) is 0 Å². The van der Waals surface area contributed by atoms with E-state index in [-0.39, 0.29) is 0 Å². The quantitative estimate of drug-likeness (QED) is 0.743. The maximum atomic E-state index is 12.7. The maximum absolute atomic E-state index is 12.7. The van der Waals surface area contributed by atoms with E-state index in [1.165, 1.54) is 30.5 Å². The molecule has 2 aromatic carbocycles. The molecular formula is C24H28N3O4+. The number of benzene rings is 2. The van der Waals surface area contributed by atoms with Crippen molar-refractivity contribution in [3.05, 3.63) is 47.5 Å². The van der Waals surface area contributed by atoms with Gasteiger partial charge < -0.3 is 19.3 Å². The highest BCUT2D eigenvalue weighted by Crippen LogP contribution is 2.40. The highest BCUT2D eigenvalue weighted by atomic mass is 16.6. The molecule has 1 saturated heterocycles. The van der Waals surface area contributed by atoms with E-state index in [4.69, 9.17) is 9.47 Å². The van der Waals surface area contributed by atoms with E-state index in [9.17, 15) is 9.59 Å². The summed E-state index contributed by atoms with van der Waals surface area (Å²) >= 11 is 0. The number of piperidine rings is 1. The van der Waals surface area contributed by atoms with Crippen LogP contribution in [0.4, 0.5) is 11.4 Å². The van der Waals surface area contributed by atoms with E-state index < -0.39 is 11.7 Å². The van der Waals surface area contributed by atoms with Crippen LogP contribution in [0.1, 0.15) is 35.2 Å². The number of ketones is 1. The van der Waals surface area contributed by atoms with E-state index in [0.29, 0.717) is 42.6 Å². The second kappa shape index (κ2) is 8.23. The van der Waals surface area contributed by atoms with E-state index in [1.54, 1.807) is 17.0 Å². The van der Waals surface area contributed by atoms with Crippen molar-refractivity contribution in [1.82, 2.24) is 0 Å². The number of hydrogen-bond donors (Lipinski definition) is 1. The summed E-state index contributed by atoms with van der Waals surface area (Å²) in [7, 11) is 2.03. The van der Waals surface area contributed by atoms with Gasteiger partial charge in [-0.15, -0.1) is 0 Å². The summed E-state index contributed by atoms with van der Waals surface area (Å²) in [5.41, 5.74) is 3.49. The van der Waals surface area contributed by atoms with Crippen LogP contribution in [-0.4, -0.2) is 51.7 Å². The summed E-state index contributed by atoms with van der Waals surface area (Å²) in [5.74, 6) is 0.147. The molecule has 1 unspecified atom stereocenters. The molecule has 2 aromatic rings. The first-order valence-electron chi connectivity index (χ1n) is 11.1. The molecule has 31 heavy (non-hydrogen) atoms. The number of fused-ring (bicyclic) bond motifs is 2. The lowest BCUT2D eigenvalue weighted by molar-refractivity contribution is -0.892. The molecule has 5 rings (SSSR count). The summed E-state index contributed by atoms with van der Waals surface area (Å²) in [6, 6.07) is 12.1. The molecule has 0 aromatic heterocycles. The van der Waals surface area contributed by atoms with E-state index in [2.05, 4.69) is 29.2 Å². The highest BCUT2D eigenvalue weighted by molar-refractivity contribution is 6.52. The van der Waals surface area contributed by atoms with Gasteiger partial charge in [-0.2, -0.15) is 0 Å². The predicted molar refractivity (Wildman–Crippen MR) is 117 cm³/mol. The smallest absolute Gasteiger partial charge is 0.303 e. The number of rotatable bonds is 5. The number of Topliss-reactive ketones (excluding diaryl/α,β-unsaturated/α-hetero) is 1. The fourth-order valence-corrected chi connectivity index (χ4v) is 4.64. The monoisotopic (exact) mass is 422 g/mol. The van der Waals surface area contributed by atoms with Gasteiger partial charge in [-0.25, -0.2) is 0 Å². The number of carbonyl (C=O) groups excluding carboxylic acids is 2. The van der Waals surface area contributed by atoms with Gasteiger partial charge in [0.25, 0.3) is 5.78 Å². The Morgan fingerprint density at radius 1 is 0.935 bits per heavy atom. The number of nitrogens with zero attached hydrogens (tertiary/aromatic N) is 2. The molecule has 7 heteroatoms. The largest absolute Gasteiger partial charge is 0.486 e. The Kier molecular flexibility index (Phi) is 5.28. The summed E-state index contributed by atoms with van der Waals surface area (Å²) in [5, 5.41) is 0. The van der Waals surface area contributed by atoms with Crippen LogP contribution >= 0.6 is 0 Å². The first kappa shape index (κ1) is 19.9. The van der Waals surface area contributed by atoms with Crippen LogP contribution in [0.3, 0.4) is 0 Å². The molecule has 162 valence electrons. The van der Waals surface area contributed by atoms with Gasteiger partial charge in [-0.3, -0.25) is 14.5 Å². The van der Waals surface area contributed by atoms with Crippen molar-refractivity contribution in [2.24, 2.45) is 0 Å². The molecule has 1 amide bonds. The van der Waals surface area contributed by atoms with E-state index in [0.717, 1.165) is 24.5 Å². The number of hydrogen-bond acceptors (Lipinski definition) is 5. The van der Waals surface area contributed by atoms with Crippen molar-refractivity contribution in [2.45, 2.75) is 25.8 Å². The molecular weight excluding hydrogens is 394 g/mol. The first-order chi connectivity index (χ1) is 15.1. The minimum Gasteiger partial charge on any atom is -0.486 e. The molecule has 0 bridgehead atoms. The van der Waals surface area contributed by atoms with Gasteiger partial charge >= 0.3 is 5.91 Å². The molecule has 3 aliphatic rings. The third-order valence-electron chi connectivity index (χ3n) is 6.23. The zero-order valence-electron chi connectivity index (χ0n) is 17.9. The van der Waals surface area contributed by atoms with Crippen molar-refractivity contribution in [3.63, 3.8) is 0 Å². The minimum atomic E-state index is -0.489. The summed E-state index contributed by atoms with van der Waals surface area (Å²) in [6.07, 6.45) is 3.85. The average Bonchev–Trinajstić information content (AvgIpc) is 3.03. The van der Waals surface area contributed by atoms with Crippen LogP contribution in [-0.2, 0) is 11.3 Å². The third kappa shape index (κ3) is 3.85. The maximum Gasteiger partial charge on any atom is 0.303 e. The zero-order valence-corrected chi connectivity index (χ0v) is 17.9. The lowest BCUT2D eigenvalue weighted by Gasteiger charge is -2.29. The molecule has 1 N–H and O–H groups in total. The van der Waals surface area contributed by atoms with Crippen LogP contribution in [0.5, 0.6) is 11.5 Å². The molecule has 1 fully saturated rings. The van der Waals surface area contributed by atoms with Crippen LogP contribution < -0.4 is 24.2 Å². The number of quaternary nitrogens is 1. The Morgan fingerprint density at radius 3 is 2.32 bits per heavy atom. The van der Waals surface area contributed by atoms with Crippen molar-refractivity contribution in [2.75, 3.05) is 49.8 Å².